The van der Waals surface area contributed by atoms with E-state index in [2.05, 4.69) is 0 Å². The summed E-state index contributed by atoms with van der Waals surface area (Å²) < 4.78 is 29.3. The van der Waals surface area contributed by atoms with Crippen molar-refractivity contribution in [1.29, 1.82) is 0 Å². The van der Waals surface area contributed by atoms with Gasteiger partial charge < -0.3 is 9.84 Å². The van der Waals surface area contributed by atoms with Gasteiger partial charge in [-0.05, 0) is 38.3 Å². The standard InChI is InChI=1S/C13H20O4S/c1-11(14)7-5-6-10-18(15,16)13-9-4-3-8-12(13)17-2/h3-4,8-9,11,14H,5-7,10H2,1-2H3. The van der Waals surface area contributed by atoms with E-state index in [1.54, 1.807) is 31.2 Å². The fraction of sp³-hybridized carbons (Fsp3) is 0.538. The molecule has 0 saturated heterocycles. The van der Waals surface area contributed by atoms with Crippen molar-refractivity contribution in [3.05, 3.63) is 24.3 Å². The van der Waals surface area contributed by atoms with Crippen LogP contribution in [0.15, 0.2) is 29.2 Å². The Labute approximate surface area is 109 Å². The normalized spacial score (nSPS) is 13.3. The molecule has 1 rings (SSSR count). The van der Waals surface area contributed by atoms with Crippen molar-refractivity contribution in [2.24, 2.45) is 0 Å². The smallest absolute Gasteiger partial charge is 0.182 e. The van der Waals surface area contributed by atoms with Crippen molar-refractivity contribution < 1.29 is 18.3 Å². The third-order valence-electron chi connectivity index (χ3n) is 2.69. The monoisotopic (exact) mass is 272 g/mol. The second-order valence-electron chi connectivity index (χ2n) is 4.31. The van der Waals surface area contributed by atoms with Gasteiger partial charge in [-0.25, -0.2) is 8.42 Å². The van der Waals surface area contributed by atoms with Gasteiger partial charge in [-0.3, -0.25) is 0 Å². The van der Waals surface area contributed by atoms with Crippen molar-refractivity contribution in [3.8, 4) is 5.75 Å². The summed E-state index contributed by atoms with van der Waals surface area (Å²) in [4.78, 5) is 0.240. The number of ether oxygens (including phenoxy) is 1. The van der Waals surface area contributed by atoms with Crippen molar-refractivity contribution in [1.82, 2.24) is 0 Å². The van der Waals surface area contributed by atoms with Crippen LogP contribution in [0, 0.1) is 0 Å². The SMILES string of the molecule is COc1ccccc1S(=O)(=O)CCCCC(C)O. The van der Waals surface area contributed by atoms with E-state index >= 15 is 0 Å². The fourth-order valence-electron chi connectivity index (χ4n) is 1.72. The summed E-state index contributed by atoms with van der Waals surface area (Å²) >= 11 is 0. The Kier molecular flexibility index (Phi) is 5.62. The van der Waals surface area contributed by atoms with E-state index in [1.807, 2.05) is 0 Å². The summed E-state index contributed by atoms with van der Waals surface area (Å²) in [5.41, 5.74) is 0. The minimum Gasteiger partial charge on any atom is -0.495 e. The van der Waals surface area contributed by atoms with Crippen LogP contribution in [-0.2, 0) is 9.84 Å². The molecule has 1 N–H and O–H groups in total. The minimum atomic E-state index is -3.31. The molecular formula is C13H20O4S. The molecule has 1 unspecified atom stereocenters. The number of sulfone groups is 1. The molecule has 18 heavy (non-hydrogen) atoms. The zero-order valence-corrected chi connectivity index (χ0v) is 11.6. The Bertz CT molecular complexity index is 466. The van der Waals surface area contributed by atoms with E-state index in [-0.39, 0.29) is 16.8 Å². The van der Waals surface area contributed by atoms with Gasteiger partial charge in [0.05, 0.1) is 19.0 Å². The summed E-state index contributed by atoms with van der Waals surface area (Å²) in [5, 5.41) is 9.11. The van der Waals surface area contributed by atoms with Crippen LogP contribution in [0.1, 0.15) is 26.2 Å². The lowest BCUT2D eigenvalue weighted by Crippen LogP contribution is -2.09. The Balaban J connectivity index is 2.68. The van der Waals surface area contributed by atoms with E-state index in [0.717, 1.165) is 0 Å². The number of aliphatic hydroxyl groups is 1. The first-order valence-corrected chi connectivity index (χ1v) is 7.66. The van der Waals surface area contributed by atoms with Gasteiger partial charge in [0.1, 0.15) is 10.6 Å². The molecule has 0 bridgehead atoms. The number of unbranched alkanes of at least 4 members (excludes halogenated alkanes) is 1. The first kappa shape index (κ1) is 15.0. The zero-order chi connectivity index (χ0) is 13.6. The highest BCUT2D eigenvalue weighted by atomic mass is 32.2. The number of hydrogen-bond donors (Lipinski definition) is 1. The lowest BCUT2D eigenvalue weighted by atomic mass is 10.2. The maximum atomic E-state index is 12.1. The van der Waals surface area contributed by atoms with Gasteiger partial charge in [0, 0.05) is 0 Å². The van der Waals surface area contributed by atoms with Crippen molar-refractivity contribution >= 4 is 9.84 Å². The van der Waals surface area contributed by atoms with Crippen molar-refractivity contribution in [3.63, 3.8) is 0 Å². The van der Waals surface area contributed by atoms with Crippen LogP contribution in [0.25, 0.3) is 0 Å². The number of aliphatic hydroxyl groups excluding tert-OH is 1. The Hall–Kier alpha value is -1.07. The molecule has 0 fully saturated rings. The Morgan fingerprint density at radius 2 is 1.94 bits per heavy atom. The molecule has 1 aromatic rings. The first-order chi connectivity index (χ1) is 8.47. The summed E-state index contributed by atoms with van der Waals surface area (Å²) in [6.45, 7) is 1.70. The minimum absolute atomic E-state index is 0.0834. The van der Waals surface area contributed by atoms with Crippen LogP contribution in [0.4, 0.5) is 0 Å². The maximum absolute atomic E-state index is 12.1. The van der Waals surface area contributed by atoms with Gasteiger partial charge in [-0.1, -0.05) is 12.1 Å². The molecule has 0 radical (unpaired) electrons. The zero-order valence-electron chi connectivity index (χ0n) is 10.8. The molecule has 0 aliphatic rings. The van der Waals surface area contributed by atoms with Gasteiger partial charge in [0.15, 0.2) is 9.84 Å². The van der Waals surface area contributed by atoms with E-state index in [4.69, 9.17) is 9.84 Å². The van der Waals surface area contributed by atoms with E-state index in [0.29, 0.717) is 25.0 Å². The molecule has 0 aliphatic carbocycles. The van der Waals surface area contributed by atoms with Crippen LogP contribution in [0.2, 0.25) is 0 Å². The second-order valence-corrected chi connectivity index (χ2v) is 6.39. The third-order valence-corrected chi connectivity index (χ3v) is 4.52. The largest absolute Gasteiger partial charge is 0.495 e. The molecule has 0 heterocycles. The molecule has 0 spiro atoms. The van der Waals surface area contributed by atoms with Crippen LogP contribution in [-0.4, -0.2) is 32.5 Å². The average molecular weight is 272 g/mol. The molecule has 5 heteroatoms. The molecule has 0 aliphatic heterocycles. The van der Waals surface area contributed by atoms with Crippen LogP contribution >= 0.6 is 0 Å². The second kappa shape index (κ2) is 6.75. The highest BCUT2D eigenvalue weighted by molar-refractivity contribution is 7.91. The highest BCUT2D eigenvalue weighted by Gasteiger charge is 2.18. The van der Waals surface area contributed by atoms with Crippen LogP contribution in [0.3, 0.4) is 0 Å². The van der Waals surface area contributed by atoms with Gasteiger partial charge in [-0.2, -0.15) is 0 Å². The van der Waals surface area contributed by atoms with Crippen molar-refractivity contribution in [2.45, 2.75) is 37.2 Å². The van der Waals surface area contributed by atoms with Gasteiger partial charge in [0.25, 0.3) is 0 Å². The maximum Gasteiger partial charge on any atom is 0.182 e. The predicted octanol–water partition coefficient (Wildman–Crippen LogP) is 2.02. The molecule has 1 aromatic carbocycles. The average Bonchev–Trinajstić information content (AvgIpc) is 2.34. The number of rotatable bonds is 7. The van der Waals surface area contributed by atoms with Crippen LogP contribution in [0.5, 0.6) is 5.75 Å². The van der Waals surface area contributed by atoms with Crippen molar-refractivity contribution in [2.75, 3.05) is 12.9 Å². The first-order valence-electron chi connectivity index (χ1n) is 6.01. The lowest BCUT2D eigenvalue weighted by molar-refractivity contribution is 0.181. The third kappa shape index (κ3) is 4.31. The molecule has 0 aromatic heterocycles. The van der Waals surface area contributed by atoms with Gasteiger partial charge in [-0.15, -0.1) is 0 Å². The summed E-state index contributed by atoms with van der Waals surface area (Å²) in [5.74, 6) is 0.466. The van der Waals surface area contributed by atoms with E-state index in [9.17, 15) is 8.42 Å². The van der Waals surface area contributed by atoms with E-state index < -0.39 is 9.84 Å². The lowest BCUT2D eigenvalue weighted by Gasteiger charge is -2.09. The molecular weight excluding hydrogens is 252 g/mol. The number of hydrogen-bond acceptors (Lipinski definition) is 4. The summed E-state index contributed by atoms with van der Waals surface area (Å²) in [7, 11) is -1.85. The fourth-order valence-corrected chi connectivity index (χ4v) is 3.27. The number of para-hydroxylation sites is 1. The Morgan fingerprint density at radius 1 is 1.28 bits per heavy atom. The quantitative estimate of drug-likeness (QED) is 0.771. The van der Waals surface area contributed by atoms with Gasteiger partial charge >= 0.3 is 0 Å². The predicted molar refractivity (Wildman–Crippen MR) is 70.6 cm³/mol. The topological polar surface area (TPSA) is 63.6 Å². The summed E-state index contributed by atoms with van der Waals surface area (Å²) in [6, 6.07) is 6.63. The molecule has 0 amide bonds. The molecule has 0 saturated carbocycles. The Morgan fingerprint density at radius 3 is 2.56 bits per heavy atom. The molecule has 1 atom stereocenters. The van der Waals surface area contributed by atoms with Gasteiger partial charge in [0.2, 0.25) is 0 Å². The number of methoxy groups -OCH3 is 1. The number of benzene rings is 1. The van der Waals surface area contributed by atoms with E-state index in [1.165, 1.54) is 7.11 Å². The molecule has 4 nitrogen and oxygen atoms in total. The van der Waals surface area contributed by atoms with Crippen LogP contribution < -0.4 is 4.74 Å². The summed E-state index contributed by atoms with van der Waals surface area (Å²) in [6.07, 6.45) is 1.50. The highest BCUT2D eigenvalue weighted by Crippen LogP contribution is 2.24. The molecule has 102 valence electrons.